The van der Waals surface area contributed by atoms with Gasteiger partial charge in [0.25, 0.3) is 0 Å². The molecular formula is C27H35N7O2. The smallest absolute Gasteiger partial charge is 0.321 e. The zero-order valence-corrected chi connectivity index (χ0v) is 21.2. The Labute approximate surface area is 212 Å². The summed E-state index contributed by atoms with van der Waals surface area (Å²) in [5, 5.41) is 7.08. The number of primary amides is 1. The normalized spacial score (nSPS) is 15.2. The van der Waals surface area contributed by atoms with Crippen LogP contribution in [0, 0.1) is 5.92 Å². The second-order valence-corrected chi connectivity index (χ2v) is 9.52. The Kier molecular flexibility index (Phi) is 8.00. The quantitative estimate of drug-likeness (QED) is 0.446. The molecule has 9 heteroatoms. The summed E-state index contributed by atoms with van der Waals surface area (Å²) >= 11 is 0. The van der Waals surface area contributed by atoms with E-state index in [-0.39, 0.29) is 11.9 Å². The van der Waals surface area contributed by atoms with Gasteiger partial charge in [0.1, 0.15) is 17.7 Å². The van der Waals surface area contributed by atoms with Crippen LogP contribution in [0.1, 0.15) is 32.2 Å². The minimum Gasteiger partial charge on any atom is -0.368 e. The van der Waals surface area contributed by atoms with Gasteiger partial charge in [0.15, 0.2) is 0 Å². The number of carbonyl (C=O) groups is 2. The van der Waals surface area contributed by atoms with Crippen molar-refractivity contribution in [2.75, 3.05) is 36.8 Å². The number of amides is 3. The summed E-state index contributed by atoms with van der Waals surface area (Å²) in [6.45, 7) is 9.23. The van der Waals surface area contributed by atoms with Gasteiger partial charge in [-0.3, -0.25) is 9.69 Å². The van der Waals surface area contributed by atoms with Gasteiger partial charge in [-0.2, -0.15) is 0 Å². The van der Waals surface area contributed by atoms with Crippen LogP contribution in [0.5, 0.6) is 0 Å². The van der Waals surface area contributed by atoms with Gasteiger partial charge in [0.05, 0.1) is 12.1 Å². The number of aryl methyl sites for hydroxylation is 1. The second kappa shape index (κ2) is 11.3. The lowest BCUT2D eigenvalue weighted by atomic mass is 10.0. The van der Waals surface area contributed by atoms with Gasteiger partial charge in [-0.25, -0.2) is 14.8 Å². The molecule has 3 aromatic rings. The Morgan fingerprint density at radius 2 is 1.69 bits per heavy atom. The molecule has 1 atom stereocenters. The summed E-state index contributed by atoms with van der Waals surface area (Å²) in [5.74, 6) is 0.880. The van der Waals surface area contributed by atoms with Crippen LogP contribution in [0.25, 0.3) is 10.9 Å². The maximum Gasteiger partial charge on any atom is 0.321 e. The van der Waals surface area contributed by atoms with E-state index in [1.807, 2.05) is 67.3 Å². The predicted octanol–water partition coefficient (Wildman–Crippen LogP) is 3.46. The van der Waals surface area contributed by atoms with Crippen molar-refractivity contribution in [2.45, 2.75) is 39.8 Å². The number of nitrogens with two attached hydrogens (primary N) is 1. The van der Waals surface area contributed by atoms with E-state index < -0.39 is 11.9 Å². The largest absolute Gasteiger partial charge is 0.368 e. The van der Waals surface area contributed by atoms with Crippen molar-refractivity contribution in [1.82, 2.24) is 19.8 Å². The van der Waals surface area contributed by atoms with Gasteiger partial charge in [0.2, 0.25) is 5.91 Å². The van der Waals surface area contributed by atoms with Gasteiger partial charge < -0.3 is 21.3 Å². The monoisotopic (exact) mass is 489 g/mol. The molecule has 9 nitrogen and oxygen atoms in total. The summed E-state index contributed by atoms with van der Waals surface area (Å²) < 4.78 is 0. The number of anilines is 2. The standard InChI is InChI=1S/C27H35N7O2/c1-4-19-9-11-20(12-10-19)29-27(36)34-15-13-33(14-16-34)17-23-30-22-8-6-5-7-21(22)26(31-23)32-24(18(2)3)25(28)35/h5-12,18,24H,4,13-17H2,1-3H3,(H2,28,35)(H,29,36)(H,30,31,32)/t24-/m0/s1. The van der Waals surface area contributed by atoms with Gasteiger partial charge in [-0.05, 0) is 42.2 Å². The van der Waals surface area contributed by atoms with Crippen molar-refractivity contribution >= 4 is 34.3 Å². The molecule has 0 spiro atoms. The first-order valence-electron chi connectivity index (χ1n) is 12.5. The van der Waals surface area contributed by atoms with Crippen LogP contribution in [0.4, 0.5) is 16.3 Å². The highest BCUT2D eigenvalue weighted by Crippen LogP contribution is 2.23. The van der Waals surface area contributed by atoms with Gasteiger partial charge in [-0.1, -0.05) is 45.0 Å². The van der Waals surface area contributed by atoms with E-state index in [1.54, 1.807) is 0 Å². The zero-order chi connectivity index (χ0) is 25.7. The average Bonchev–Trinajstić information content (AvgIpc) is 2.87. The number of hydrogen-bond donors (Lipinski definition) is 3. The van der Waals surface area contributed by atoms with Crippen LogP contribution < -0.4 is 16.4 Å². The molecule has 190 valence electrons. The number of benzene rings is 2. The van der Waals surface area contributed by atoms with Crippen LogP contribution in [0.3, 0.4) is 0 Å². The molecule has 4 N–H and O–H groups in total. The molecule has 0 aliphatic carbocycles. The zero-order valence-electron chi connectivity index (χ0n) is 21.2. The summed E-state index contributed by atoms with van der Waals surface area (Å²) in [5.41, 5.74) is 8.48. The number of fused-ring (bicyclic) bond motifs is 1. The lowest BCUT2D eigenvalue weighted by Gasteiger charge is -2.34. The summed E-state index contributed by atoms with van der Waals surface area (Å²) in [7, 11) is 0. The molecule has 1 aromatic heterocycles. The first kappa shape index (κ1) is 25.4. The van der Waals surface area contributed by atoms with E-state index in [9.17, 15) is 9.59 Å². The number of urea groups is 1. The summed E-state index contributed by atoms with van der Waals surface area (Å²) in [6, 6.07) is 15.1. The second-order valence-electron chi connectivity index (χ2n) is 9.52. The molecular weight excluding hydrogens is 454 g/mol. The summed E-state index contributed by atoms with van der Waals surface area (Å²) in [6.07, 6.45) is 0.970. The Bertz CT molecular complexity index is 1200. The molecule has 1 fully saturated rings. The number of nitrogens with zero attached hydrogens (tertiary/aromatic N) is 4. The van der Waals surface area contributed by atoms with Crippen LogP contribution >= 0.6 is 0 Å². The van der Waals surface area contributed by atoms with E-state index in [0.717, 1.165) is 36.1 Å². The number of aromatic nitrogens is 2. The van der Waals surface area contributed by atoms with Gasteiger partial charge in [-0.15, -0.1) is 0 Å². The molecule has 1 saturated heterocycles. The number of rotatable bonds is 8. The van der Waals surface area contributed by atoms with Gasteiger partial charge in [0, 0.05) is 37.3 Å². The third-order valence-corrected chi connectivity index (χ3v) is 6.55. The van der Waals surface area contributed by atoms with E-state index in [4.69, 9.17) is 15.7 Å². The molecule has 0 unspecified atom stereocenters. The van der Waals surface area contributed by atoms with Crippen LogP contribution in [-0.2, 0) is 17.8 Å². The Hall–Kier alpha value is -3.72. The molecule has 0 saturated carbocycles. The summed E-state index contributed by atoms with van der Waals surface area (Å²) in [4.78, 5) is 38.3. The molecule has 0 bridgehead atoms. The lowest BCUT2D eigenvalue weighted by Crippen LogP contribution is -2.49. The van der Waals surface area contributed by atoms with Crippen molar-refractivity contribution in [3.63, 3.8) is 0 Å². The third kappa shape index (κ3) is 6.09. The fourth-order valence-corrected chi connectivity index (χ4v) is 4.35. The molecule has 3 amide bonds. The third-order valence-electron chi connectivity index (χ3n) is 6.55. The fraction of sp³-hybridized carbons (Fsp3) is 0.407. The van der Waals surface area contributed by atoms with E-state index >= 15 is 0 Å². The van der Waals surface area contributed by atoms with Crippen molar-refractivity contribution in [3.05, 3.63) is 59.9 Å². The first-order chi connectivity index (χ1) is 17.3. The number of para-hydroxylation sites is 1. The molecule has 1 aliphatic heterocycles. The topological polar surface area (TPSA) is 116 Å². The van der Waals surface area contributed by atoms with E-state index in [0.29, 0.717) is 31.3 Å². The highest BCUT2D eigenvalue weighted by atomic mass is 16.2. The minimum absolute atomic E-state index is 0.0171. The van der Waals surface area contributed by atoms with Crippen molar-refractivity contribution < 1.29 is 9.59 Å². The maximum atomic E-state index is 12.7. The molecule has 2 aromatic carbocycles. The SMILES string of the molecule is CCc1ccc(NC(=O)N2CCN(Cc3nc(N[C@H](C(N)=O)C(C)C)c4ccccc4n3)CC2)cc1. The van der Waals surface area contributed by atoms with Crippen molar-refractivity contribution in [3.8, 4) is 0 Å². The number of piperazine rings is 1. The molecule has 1 aliphatic rings. The Morgan fingerprint density at radius 1 is 1.00 bits per heavy atom. The highest BCUT2D eigenvalue weighted by Gasteiger charge is 2.24. The fourth-order valence-electron chi connectivity index (χ4n) is 4.35. The van der Waals surface area contributed by atoms with Crippen LogP contribution in [0.2, 0.25) is 0 Å². The number of nitrogens with one attached hydrogen (secondary N) is 2. The minimum atomic E-state index is -0.531. The van der Waals surface area contributed by atoms with Crippen molar-refractivity contribution in [2.24, 2.45) is 11.7 Å². The molecule has 2 heterocycles. The van der Waals surface area contributed by atoms with Crippen molar-refractivity contribution in [1.29, 1.82) is 0 Å². The lowest BCUT2D eigenvalue weighted by molar-refractivity contribution is -0.119. The number of hydrogen-bond acceptors (Lipinski definition) is 6. The van der Waals surface area contributed by atoms with E-state index in [2.05, 4.69) is 22.5 Å². The molecule has 4 rings (SSSR count). The predicted molar refractivity (Wildman–Crippen MR) is 143 cm³/mol. The van der Waals surface area contributed by atoms with Gasteiger partial charge >= 0.3 is 6.03 Å². The first-order valence-corrected chi connectivity index (χ1v) is 12.5. The maximum absolute atomic E-state index is 12.7. The Balaban J connectivity index is 1.40. The van der Waals surface area contributed by atoms with E-state index in [1.165, 1.54) is 5.56 Å². The van der Waals surface area contributed by atoms with Crippen LogP contribution in [0.15, 0.2) is 48.5 Å². The van der Waals surface area contributed by atoms with Crippen LogP contribution in [-0.4, -0.2) is 63.9 Å². The average molecular weight is 490 g/mol. The highest BCUT2D eigenvalue weighted by molar-refractivity contribution is 5.92. The molecule has 36 heavy (non-hydrogen) atoms. The Morgan fingerprint density at radius 3 is 2.33 bits per heavy atom. The number of carbonyl (C=O) groups excluding carboxylic acids is 2. The molecule has 0 radical (unpaired) electrons.